The Balaban J connectivity index is 0.000000531. The Morgan fingerprint density at radius 3 is 2.00 bits per heavy atom. The third kappa shape index (κ3) is 3.20. The molecule has 2 aliphatic heterocycles. The monoisotopic (exact) mass is 212 g/mol. The largest absolute Gasteiger partial charge is 0.343 e. The van der Waals surface area contributed by atoms with Gasteiger partial charge in [-0.05, 0) is 37.8 Å². The van der Waals surface area contributed by atoms with E-state index in [1.807, 2.05) is 18.7 Å². The number of piperidine rings is 1. The van der Waals surface area contributed by atoms with Crippen LogP contribution >= 0.6 is 0 Å². The summed E-state index contributed by atoms with van der Waals surface area (Å²) in [4.78, 5) is 13.0. The van der Waals surface area contributed by atoms with Crippen LogP contribution in [-0.2, 0) is 4.79 Å². The maximum atomic E-state index is 11.1. The van der Waals surface area contributed by atoms with Gasteiger partial charge in [0.2, 0.25) is 5.91 Å². The predicted octanol–water partition coefficient (Wildman–Crippen LogP) is 1.49. The van der Waals surface area contributed by atoms with Gasteiger partial charge in [-0.2, -0.15) is 0 Å². The Hall–Kier alpha value is -0.570. The third-order valence-electron chi connectivity index (χ3n) is 3.46. The molecule has 0 radical (unpaired) electrons. The second-order valence-corrected chi connectivity index (χ2v) is 4.26. The van der Waals surface area contributed by atoms with Gasteiger partial charge in [-0.25, -0.2) is 0 Å². The molecule has 2 fully saturated rings. The minimum Gasteiger partial charge on any atom is -0.343 e. The molecule has 0 spiro atoms. The Labute approximate surface area is 93.2 Å². The van der Waals surface area contributed by atoms with Crippen molar-refractivity contribution in [1.82, 2.24) is 10.2 Å². The molecule has 15 heavy (non-hydrogen) atoms. The van der Waals surface area contributed by atoms with Gasteiger partial charge in [0.15, 0.2) is 0 Å². The van der Waals surface area contributed by atoms with Crippen LogP contribution in [0, 0.1) is 11.8 Å². The molecule has 3 heteroatoms. The summed E-state index contributed by atoms with van der Waals surface area (Å²) in [6.07, 6.45) is 2.43. The summed E-state index contributed by atoms with van der Waals surface area (Å²) in [5.74, 6) is 2.01. The zero-order valence-corrected chi connectivity index (χ0v) is 10.3. The molecule has 2 aliphatic rings. The summed E-state index contributed by atoms with van der Waals surface area (Å²) in [6, 6.07) is 0. The normalized spacial score (nSPS) is 22.7. The van der Waals surface area contributed by atoms with Crippen LogP contribution in [0.4, 0.5) is 0 Å². The molecular weight excluding hydrogens is 188 g/mol. The van der Waals surface area contributed by atoms with Crippen molar-refractivity contribution in [3.8, 4) is 0 Å². The second-order valence-electron chi connectivity index (χ2n) is 4.26. The second kappa shape index (κ2) is 6.11. The topological polar surface area (TPSA) is 32.3 Å². The summed E-state index contributed by atoms with van der Waals surface area (Å²) in [5.41, 5.74) is 0. The van der Waals surface area contributed by atoms with Crippen molar-refractivity contribution in [1.29, 1.82) is 0 Å². The van der Waals surface area contributed by atoms with Crippen molar-refractivity contribution in [2.24, 2.45) is 11.8 Å². The minimum absolute atomic E-state index is 0.241. The van der Waals surface area contributed by atoms with Crippen molar-refractivity contribution in [3.05, 3.63) is 0 Å². The first-order valence-electron chi connectivity index (χ1n) is 6.23. The molecule has 2 rings (SSSR count). The van der Waals surface area contributed by atoms with Crippen molar-refractivity contribution in [2.75, 3.05) is 26.2 Å². The third-order valence-corrected chi connectivity index (χ3v) is 3.46. The molecule has 0 aromatic carbocycles. The van der Waals surface area contributed by atoms with Gasteiger partial charge in [-0.1, -0.05) is 13.8 Å². The Morgan fingerprint density at radius 2 is 1.67 bits per heavy atom. The molecule has 0 aliphatic carbocycles. The maximum absolute atomic E-state index is 11.1. The summed E-state index contributed by atoms with van der Waals surface area (Å²) in [5, 5.41) is 3.31. The van der Waals surface area contributed by atoms with Crippen molar-refractivity contribution >= 4 is 5.91 Å². The van der Waals surface area contributed by atoms with Crippen LogP contribution in [0.5, 0.6) is 0 Å². The van der Waals surface area contributed by atoms with E-state index in [1.54, 1.807) is 6.92 Å². The number of nitrogens with zero attached hydrogens (tertiary/aromatic N) is 1. The highest BCUT2D eigenvalue weighted by molar-refractivity contribution is 5.73. The average Bonchev–Trinajstić information content (AvgIpc) is 2.19. The Bertz CT molecular complexity index is 194. The van der Waals surface area contributed by atoms with Gasteiger partial charge in [0.25, 0.3) is 0 Å². The fraction of sp³-hybridized carbons (Fsp3) is 0.917. The molecule has 3 nitrogen and oxygen atoms in total. The standard InChI is InChI=1S/C10H18N2O.C2H6/c1-8(13)12-4-2-9(3-5-12)10-6-11-7-10;1-2/h9-11H,2-7H2,1H3;1-2H3. The number of amides is 1. The number of rotatable bonds is 1. The van der Waals surface area contributed by atoms with Gasteiger partial charge in [0.05, 0.1) is 0 Å². The fourth-order valence-electron chi connectivity index (χ4n) is 2.33. The van der Waals surface area contributed by atoms with Gasteiger partial charge in [-0.15, -0.1) is 0 Å². The number of carbonyl (C=O) groups is 1. The minimum atomic E-state index is 0.241. The summed E-state index contributed by atoms with van der Waals surface area (Å²) in [7, 11) is 0. The molecule has 0 atom stereocenters. The Morgan fingerprint density at radius 1 is 1.13 bits per heavy atom. The SMILES string of the molecule is CC.CC(=O)N1CCC(C2CNC2)CC1. The maximum Gasteiger partial charge on any atom is 0.219 e. The summed E-state index contributed by atoms with van der Waals surface area (Å²) >= 11 is 0. The molecule has 1 N–H and O–H groups in total. The van der Waals surface area contributed by atoms with E-state index in [4.69, 9.17) is 0 Å². The molecule has 0 saturated carbocycles. The number of hydrogen-bond donors (Lipinski definition) is 1. The van der Waals surface area contributed by atoms with E-state index < -0.39 is 0 Å². The number of carbonyl (C=O) groups excluding carboxylic acids is 1. The lowest BCUT2D eigenvalue weighted by atomic mass is 9.81. The highest BCUT2D eigenvalue weighted by Gasteiger charge is 2.30. The van der Waals surface area contributed by atoms with Crippen LogP contribution in [0.1, 0.15) is 33.6 Å². The molecule has 88 valence electrons. The van der Waals surface area contributed by atoms with E-state index >= 15 is 0 Å². The number of likely N-dealkylation sites (tertiary alicyclic amines) is 1. The first kappa shape index (κ1) is 12.5. The van der Waals surface area contributed by atoms with Crippen molar-refractivity contribution < 1.29 is 4.79 Å². The highest BCUT2D eigenvalue weighted by atomic mass is 16.2. The van der Waals surface area contributed by atoms with E-state index in [1.165, 1.54) is 25.9 Å². The quantitative estimate of drug-likeness (QED) is 0.714. The average molecular weight is 212 g/mol. The van der Waals surface area contributed by atoms with E-state index in [2.05, 4.69) is 5.32 Å². The van der Waals surface area contributed by atoms with Gasteiger partial charge in [0.1, 0.15) is 0 Å². The van der Waals surface area contributed by atoms with Crippen LogP contribution in [0.25, 0.3) is 0 Å². The smallest absolute Gasteiger partial charge is 0.219 e. The molecule has 2 saturated heterocycles. The van der Waals surface area contributed by atoms with E-state index in [0.717, 1.165) is 24.9 Å². The molecular formula is C12H24N2O. The number of hydrogen-bond acceptors (Lipinski definition) is 2. The number of nitrogens with one attached hydrogen (secondary N) is 1. The summed E-state index contributed by atoms with van der Waals surface area (Å²) < 4.78 is 0. The lowest BCUT2D eigenvalue weighted by molar-refractivity contribution is -0.130. The molecule has 0 bridgehead atoms. The Kier molecular flexibility index (Phi) is 5.09. The van der Waals surface area contributed by atoms with E-state index in [9.17, 15) is 4.79 Å². The van der Waals surface area contributed by atoms with Gasteiger partial charge in [-0.3, -0.25) is 4.79 Å². The van der Waals surface area contributed by atoms with Gasteiger partial charge >= 0.3 is 0 Å². The highest BCUT2D eigenvalue weighted by Crippen LogP contribution is 2.27. The van der Waals surface area contributed by atoms with E-state index in [0.29, 0.717) is 0 Å². The fourth-order valence-corrected chi connectivity index (χ4v) is 2.33. The van der Waals surface area contributed by atoms with Crippen molar-refractivity contribution in [2.45, 2.75) is 33.6 Å². The van der Waals surface area contributed by atoms with Crippen LogP contribution < -0.4 is 5.32 Å². The zero-order valence-electron chi connectivity index (χ0n) is 10.3. The lowest BCUT2D eigenvalue weighted by Crippen LogP contribution is -2.49. The molecule has 0 aromatic rings. The van der Waals surface area contributed by atoms with Crippen LogP contribution in [-0.4, -0.2) is 37.0 Å². The molecule has 0 unspecified atom stereocenters. The first-order valence-corrected chi connectivity index (χ1v) is 6.23. The zero-order chi connectivity index (χ0) is 11.3. The molecule has 2 heterocycles. The predicted molar refractivity (Wildman–Crippen MR) is 62.7 cm³/mol. The van der Waals surface area contributed by atoms with E-state index in [-0.39, 0.29) is 5.91 Å². The molecule has 0 aromatic heterocycles. The van der Waals surface area contributed by atoms with Gasteiger partial charge in [0, 0.05) is 20.0 Å². The lowest BCUT2D eigenvalue weighted by Gasteiger charge is -2.40. The van der Waals surface area contributed by atoms with Crippen LogP contribution in [0.3, 0.4) is 0 Å². The van der Waals surface area contributed by atoms with Crippen LogP contribution in [0.2, 0.25) is 0 Å². The van der Waals surface area contributed by atoms with Crippen LogP contribution in [0.15, 0.2) is 0 Å². The molecule has 1 amide bonds. The van der Waals surface area contributed by atoms with Crippen molar-refractivity contribution in [3.63, 3.8) is 0 Å². The summed E-state index contributed by atoms with van der Waals surface area (Å²) in [6.45, 7) is 10.0. The van der Waals surface area contributed by atoms with Gasteiger partial charge < -0.3 is 10.2 Å². The first-order chi connectivity index (χ1) is 7.27.